The molecule has 28 heavy (non-hydrogen) atoms. The number of anilines is 3. The van der Waals surface area contributed by atoms with Gasteiger partial charge < -0.3 is 20.7 Å². The van der Waals surface area contributed by atoms with Gasteiger partial charge in [-0.1, -0.05) is 30.3 Å². The van der Waals surface area contributed by atoms with Crippen LogP contribution in [0.25, 0.3) is 0 Å². The number of hydrogen-bond acceptors (Lipinski definition) is 4. The van der Waals surface area contributed by atoms with Crippen molar-refractivity contribution in [1.82, 2.24) is 0 Å². The first kappa shape index (κ1) is 19.0. The summed E-state index contributed by atoms with van der Waals surface area (Å²) < 4.78 is 5.48. The molecule has 6 heteroatoms. The summed E-state index contributed by atoms with van der Waals surface area (Å²) >= 11 is 0. The Hall–Kier alpha value is -3.80. The molecule has 3 N–H and O–H groups in total. The highest BCUT2D eigenvalue weighted by molar-refractivity contribution is 5.96. The van der Waals surface area contributed by atoms with E-state index in [9.17, 15) is 9.59 Å². The van der Waals surface area contributed by atoms with Crippen LogP contribution in [0.5, 0.6) is 5.75 Å². The van der Waals surface area contributed by atoms with Gasteiger partial charge in [0.25, 0.3) is 5.91 Å². The highest BCUT2D eigenvalue weighted by atomic mass is 16.5. The number of nitrogens with two attached hydrogens (primary N) is 1. The van der Waals surface area contributed by atoms with E-state index in [0.717, 1.165) is 11.4 Å². The average molecular weight is 375 g/mol. The van der Waals surface area contributed by atoms with E-state index in [4.69, 9.17) is 10.5 Å². The minimum absolute atomic E-state index is 0.153. The van der Waals surface area contributed by atoms with Gasteiger partial charge in [-0.05, 0) is 48.5 Å². The molecule has 0 aromatic heterocycles. The van der Waals surface area contributed by atoms with E-state index in [1.54, 1.807) is 24.3 Å². The van der Waals surface area contributed by atoms with E-state index >= 15 is 0 Å². The van der Waals surface area contributed by atoms with Crippen molar-refractivity contribution in [3.05, 3.63) is 84.4 Å². The number of hydrogen-bond donors (Lipinski definition) is 2. The molecule has 3 aromatic carbocycles. The van der Waals surface area contributed by atoms with Crippen molar-refractivity contribution in [2.45, 2.75) is 0 Å². The van der Waals surface area contributed by atoms with E-state index in [-0.39, 0.29) is 12.5 Å². The Balaban J connectivity index is 1.65. The first-order valence-corrected chi connectivity index (χ1v) is 8.75. The third kappa shape index (κ3) is 4.67. The molecule has 3 rings (SSSR count). The van der Waals surface area contributed by atoms with Crippen LogP contribution in [0.15, 0.2) is 78.9 Å². The molecule has 0 radical (unpaired) electrons. The predicted octanol–water partition coefficient (Wildman–Crippen LogP) is 3.57. The zero-order chi connectivity index (χ0) is 19.9. The Morgan fingerprint density at radius 2 is 1.57 bits per heavy atom. The summed E-state index contributed by atoms with van der Waals surface area (Å²) in [5, 5.41) is 2.88. The monoisotopic (exact) mass is 375 g/mol. The minimum atomic E-state index is -0.511. The van der Waals surface area contributed by atoms with Crippen LogP contribution in [0.2, 0.25) is 0 Å². The van der Waals surface area contributed by atoms with Crippen LogP contribution in [0.3, 0.4) is 0 Å². The fourth-order valence-corrected chi connectivity index (χ4v) is 2.71. The van der Waals surface area contributed by atoms with Crippen LogP contribution in [0.1, 0.15) is 10.4 Å². The first-order chi connectivity index (χ1) is 13.5. The fraction of sp³-hybridized carbons (Fsp3) is 0.0909. The summed E-state index contributed by atoms with van der Waals surface area (Å²) in [4.78, 5) is 25.4. The molecule has 2 amide bonds. The third-order valence-corrected chi connectivity index (χ3v) is 4.19. The number of para-hydroxylation sites is 3. The van der Waals surface area contributed by atoms with Gasteiger partial charge in [0.15, 0.2) is 6.61 Å². The number of benzene rings is 3. The van der Waals surface area contributed by atoms with E-state index in [2.05, 4.69) is 5.32 Å². The molecule has 0 aliphatic rings. The number of carbonyl (C=O) groups is 2. The second kappa shape index (κ2) is 8.73. The quantitative estimate of drug-likeness (QED) is 0.661. The minimum Gasteiger partial charge on any atom is -0.484 e. The lowest BCUT2D eigenvalue weighted by molar-refractivity contribution is -0.118. The molecule has 0 bridgehead atoms. The summed E-state index contributed by atoms with van der Waals surface area (Å²) in [7, 11) is 1.94. The van der Waals surface area contributed by atoms with E-state index in [0.29, 0.717) is 17.0 Å². The summed E-state index contributed by atoms with van der Waals surface area (Å²) in [6.45, 7) is -0.153. The van der Waals surface area contributed by atoms with E-state index < -0.39 is 5.91 Å². The van der Waals surface area contributed by atoms with Crippen LogP contribution in [0, 0.1) is 0 Å². The molecule has 0 aliphatic heterocycles. The van der Waals surface area contributed by atoms with E-state index in [1.165, 1.54) is 0 Å². The molecule has 0 heterocycles. The fourth-order valence-electron chi connectivity index (χ4n) is 2.71. The largest absolute Gasteiger partial charge is 0.484 e. The maximum Gasteiger partial charge on any atom is 0.262 e. The van der Waals surface area contributed by atoms with Gasteiger partial charge in [0.2, 0.25) is 5.91 Å². The lowest BCUT2D eigenvalue weighted by Gasteiger charge is -2.22. The number of carbonyl (C=O) groups excluding carboxylic acids is 2. The maximum absolute atomic E-state index is 12.3. The standard InChI is InChI=1S/C22H21N3O3/c1-25(17-7-3-2-4-8-17)20-10-6-5-9-19(20)24-21(26)15-28-18-13-11-16(12-14-18)22(23)27/h2-14H,15H2,1H3,(H2,23,27)(H,24,26). The van der Waals surface area contributed by atoms with Crippen molar-refractivity contribution < 1.29 is 14.3 Å². The molecule has 0 fully saturated rings. The van der Waals surface area contributed by atoms with Gasteiger partial charge in [0, 0.05) is 18.3 Å². The lowest BCUT2D eigenvalue weighted by Crippen LogP contribution is -2.22. The van der Waals surface area contributed by atoms with Crippen LogP contribution in [-0.2, 0) is 4.79 Å². The molecule has 142 valence electrons. The average Bonchev–Trinajstić information content (AvgIpc) is 2.73. The Bertz CT molecular complexity index is 956. The molecular weight excluding hydrogens is 354 g/mol. The lowest BCUT2D eigenvalue weighted by atomic mass is 10.2. The van der Waals surface area contributed by atoms with Crippen LogP contribution < -0.4 is 20.7 Å². The number of nitrogens with zero attached hydrogens (tertiary/aromatic N) is 1. The van der Waals surface area contributed by atoms with Gasteiger partial charge in [-0.15, -0.1) is 0 Å². The SMILES string of the molecule is CN(c1ccccc1)c1ccccc1NC(=O)COc1ccc(C(N)=O)cc1. The van der Waals surface area contributed by atoms with Crippen molar-refractivity contribution in [3.8, 4) is 5.75 Å². The third-order valence-electron chi connectivity index (χ3n) is 4.19. The molecule has 6 nitrogen and oxygen atoms in total. The summed E-state index contributed by atoms with van der Waals surface area (Å²) in [6.07, 6.45) is 0. The molecule has 3 aromatic rings. The Morgan fingerprint density at radius 1 is 0.929 bits per heavy atom. The molecular formula is C22H21N3O3. The van der Waals surface area contributed by atoms with E-state index in [1.807, 2.05) is 66.5 Å². The highest BCUT2D eigenvalue weighted by Gasteiger charge is 2.12. The highest BCUT2D eigenvalue weighted by Crippen LogP contribution is 2.30. The van der Waals surface area contributed by atoms with Crippen molar-refractivity contribution in [2.75, 3.05) is 23.9 Å². The number of ether oxygens (including phenoxy) is 1. The van der Waals surface area contributed by atoms with Gasteiger partial charge in [-0.25, -0.2) is 0 Å². The summed E-state index contributed by atoms with van der Waals surface area (Å²) in [5.41, 5.74) is 8.15. The number of rotatable bonds is 7. The molecule has 0 aliphatic carbocycles. The number of amides is 2. The van der Waals surface area contributed by atoms with Crippen molar-refractivity contribution in [2.24, 2.45) is 5.73 Å². The Morgan fingerprint density at radius 3 is 2.25 bits per heavy atom. The zero-order valence-electron chi connectivity index (χ0n) is 15.5. The second-order valence-electron chi connectivity index (χ2n) is 6.14. The molecule has 0 spiro atoms. The van der Waals surface area contributed by atoms with Gasteiger partial charge in [0.1, 0.15) is 5.75 Å². The van der Waals surface area contributed by atoms with Gasteiger partial charge in [0.05, 0.1) is 11.4 Å². The number of nitrogens with one attached hydrogen (secondary N) is 1. The van der Waals surface area contributed by atoms with Gasteiger partial charge >= 0.3 is 0 Å². The van der Waals surface area contributed by atoms with Gasteiger partial charge in [-0.3, -0.25) is 9.59 Å². The van der Waals surface area contributed by atoms with Crippen molar-refractivity contribution in [3.63, 3.8) is 0 Å². The van der Waals surface area contributed by atoms with Crippen molar-refractivity contribution >= 4 is 28.9 Å². The first-order valence-electron chi connectivity index (χ1n) is 8.75. The van der Waals surface area contributed by atoms with Gasteiger partial charge in [-0.2, -0.15) is 0 Å². The zero-order valence-corrected chi connectivity index (χ0v) is 15.5. The Labute approximate surface area is 163 Å². The summed E-state index contributed by atoms with van der Waals surface area (Å²) in [6, 6.07) is 23.7. The predicted molar refractivity (Wildman–Crippen MR) is 110 cm³/mol. The normalized spacial score (nSPS) is 10.2. The van der Waals surface area contributed by atoms with Crippen molar-refractivity contribution in [1.29, 1.82) is 0 Å². The summed E-state index contributed by atoms with van der Waals surface area (Å²) in [5.74, 6) is -0.314. The molecule has 0 unspecified atom stereocenters. The Kier molecular flexibility index (Phi) is 5.91. The molecule has 0 saturated carbocycles. The second-order valence-corrected chi connectivity index (χ2v) is 6.14. The molecule has 0 atom stereocenters. The smallest absolute Gasteiger partial charge is 0.262 e. The van der Waals surface area contributed by atoms with Crippen LogP contribution in [0.4, 0.5) is 17.1 Å². The van der Waals surface area contributed by atoms with Crippen LogP contribution in [-0.4, -0.2) is 25.5 Å². The topological polar surface area (TPSA) is 84.7 Å². The number of primary amides is 1. The molecule has 0 saturated heterocycles. The van der Waals surface area contributed by atoms with Crippen LogP contribution >= 0.6 is 0 Å². The maximum atomic E-state index is 12.3.